The van der Waals surface area contributed by atoms with Crippen molar-refractivity contribution in [3.63, 3.8) is 0 Å². The predicted octanol–water partition coefficient (Wildman–Crippen LogP) is 4.24. The van der Waals surface area contributed by atoms with E-state index >= 15 is 0 Å². The van der Waals surface area contributed by atoms with Crippen molar-refractivity contribution in [3.05, 3.63) is 35.3 Å². The molecule has 1 heterocycles. The van der Waals surface area contributed by atoms with E-state index in [9.17, 15) is 4.39 Å². The third-order valence-electron chi connectivity index (χ3n) is 3.07. The minimum atomic E-state index is -0.196. The summed E-state index contributed by atoms with van der Waals surface area (Å²) in [6.07, 6.45) is 0. The lowest BCUT2D eigenvalue weighted by Gasteiger charge is -2.13. The molecule has 3 heteroatoms. The van der Waals surface area contributed by atoms with Crippen LogP contribution in [0.5, 0.6) is 0 Å². The average Bonchev–Trinajstić information content (AvgIpc) is 2.31. The molecule has 0 aliphatic rings. The molecule has 1 aromatic heterocycles. The number of hydrogen-bond donors (Lipinski definition) is 1. The fraction of sp³-hybridized carbons (Fsp3) is 0.400. The molecule has 0 atom stereocenters. The van der Waals surface area contributed by atoms with Gasteiger partial charge in [0.25, 0.3) is 0 Å². The number of halogens is 1. The van der Waals surface area contributed by atoms with Gasteiger partial charge in [-0.1, -0.05) is 13.8 Å². The van der Waals surface area contributed by atoms with Gasteiger partial charge in [-0.15, -0.1) is 0 Å². The van der Waals surface area contributed by atoms with Gasteiger partial charge >= 0.3 is 0 Å². The van der Waals surface area contributed by atoms with E-state index < -0.39 is 0 Å². The first-order valence-electron chi connectivity index (χ1n) is 6.37. The van der Waals surface area contributed by atoms with Gasteiger partial charge < -0.3 is 5.32 Å². The number of benzene rings is 1. The van der Waals surface area contributed by atoms with Crippen molar-refractivity contribution >= 4 is 16.6 Å². The number of aryl methyl sites for hydroxylation is 1. The first-order valence-corrected chi connectivity index (χ1v) is 6.37. The van der Waals surface area contributed by atoms with Crippen LogP contribution in [-0.4, -0.2) is 11.5 Å². The highest BCUT2D eigenvalue weighted by atomic mass is 19.1. The summed E-state index contributed by atoms with van der Waals surface area (Å²) in [4.78, 5) is 4.54. The normalized spacial score (nSPS) is 11.2. The van der Waals surface area contributed by atoms with E-state index in [1.165, 1.54) is 6.07 Å². The van der Waals surface area contributed by atoms with Crippen LogP contribution in [0.3, 0.4) is 0 Å². The lowest BCUT2D eigenvalue weighted by Crippen LogP contribution is -2.02. The topological polar surface area (TPSA) is 24.9 Å². The summed E-state index contributed by atoms with van der Waals surface area (Å²) in [6.45, 7) is 8.86. The van der Waals surface area contributed by atoms with Crippen LogP contribution in [0.2, 0.25) is 0 Å². The minimum Gasteiger partial charge on any atom is -0.385 e. The molecule has 96 valence electrons. The van der Waals surface area contributed by atoms with Crippen molar-refractivity contribution < 1.29 is 4.39 Å². The van der Waals surface area contributed by atoms with Crippen LogP contribution in [0.15, 0.2) is 18.2 Å². The van der Waals surface area contributed by atoms with Crippen molar-refractivity contribution in [2.24, 2.45) is 0 Å². The Labute approximate surface area is 107 Å². The van der Waals surface area contributed by atoms with Crippen LogP contribution in [0.1, 0.15) is 37.9 Å². The predicted molar refractivity (Wildman–Crippen MR) is 74.7 cm³/mol. The number of anilines is 1. The Bertz CT molecular complexity index is 576. The van der Waals surface area contributed by atoms with E-state index in [-0.39, 0.29) is 5.82 Å². The number of pyridine rings is 1. The summed E-state index contributed by atoms with van der Waals surface area (Å²) < 4.78 is 13.6. The Morgan fingerprint density at radius 1 is 1.28 bits per heavy atom. The van der Waals surface area contributed by atoms with Crippen LogP contribution in [0.25, 0.3) is 10.9 Å². The van der Waals surface area contributed by atoms with Crippen molar-refractivity contribution in [2.45, 2.75) is 33.6 Å². The Morgan fingerprint density at radius 3 is 2.61 bits per heavy atom. The number of nitrogens with zero attached hydrogens (tertiary/aromatic N) is 1. The number of rotatable bonds is 3. The third kappa shape index (κ3) is 2.30. The SMILES string of the molecule is CCNc1cc(C(C)C)nc2cc(F)c(C)cc12. The monoisotopic (exact) mass is 246 g/mol. The zero-order chi connectivity index (χ0) is 13.3. The smallest absolute Gasteiger partial charge is 0.128 e. The van der Waals surface area contributed by atoms with E-state index in [0.29, 0.717) is 11.5 Å². The van der Waals surface area contributed by atoms with Gasteiger partial charge in [0.2, 0.25) is 0 Å². The van der Waals surface area contributed by atoms with Gasteiger partial charge in [0, 0.05) is 29.4 Å². The second-order valence-electron chi connectivity index (χ2n) is 4.90. The standard InChI is InChI=1S/C15H19FN2/c1-5-17-14-8-13(9(2)3)18-15-7-12(16)10(4)6-11(14)15/h6-9H,5H2,1-4H3,(H,17,18). The van der Waals surface area contributed by atoms with Gasteiger partial charge in [-0.05, 0) is 37.5 Å². The molecular formula is C15H19FN2. The van der Waals surface area contributed by atoms with Gasteiger partial charge in [-0.2, -0.15) is 0 Å². The molecule has 0 saturated carbocycles. The lowest BCUT2D eigenvalue weighted by atomic mass is 10.0. The van der Waals surface area contributed by atoms with E-state index in [1.807, 2.05) is 6.07 Å². The first kappa shape index (κ1) is 12.8. The van der Waals surface area contributed by atoms with Gasteiger partial charge in [-0.3, -0.25) is 4.98 Å². The molecule has 0 unspecified atom stereocenters. The highest BCUT2D eigenvalue weighted by molar-refractivity contribution is 5.92. The highest BCUT2D eigenvalue weighted by Gasteiger charge is 2.10. The molecule has 0 saturated heterocycles. The zero-order valence-corrected chi connectivity index (χ0v) is 11.3. The van der Waals surface area contributed by atoms with Crippen molar-refractivity contribution in [1.82, 2.24) is 4.98 Å². The molecule has 2 aromatic rings. The van der Waals surface area contributed by atoms with Crippen molar-refractivity contribution in [3.8, 4) is 0 Å². The molecule has 0 bridgehead atoms. The molecule has 18 heavy (non-hydrogen) atoms. The summed E-state index contributed by atoms with van der Waals surface area (Å²) in [5.74, 6) is 0.134. The summed E-state index contributed by atoms with van der Waals surface area (Å²) >= 11 is 0. The molecule has 0 radical (unpaired) electrons. The zero-order valence-electron chi connectivity index (χ0n) is 11.3. The number of nitrogens with one attached hydrogen (secondary N) is 1. The fourth-order valence-electron chi connectivity index (χ4n) is 2.01. The average molecular weight is 246 g/mol. The summed E-state index contributed by atoms with van der Waals surface area (Å²) in [6, 6.07) is 5.45. The Balaban J connectivity index is 2.72. The third-order valence-corrected chi connectivity index (χ3v) is 3.07. The van der Waals surface area contributed by atoms with Crippen LogP contribution in [0.4, 0.5) is 10.1 Å². The molecule has 0 spiro atoms. The van der Waals surface area contributed by atoms with E-state index in [1.54, 1.807) is 6.92 Å². The van der Waals surface area contributed by atoms with Crippen molar-refractivity contribution in [2.75, 3.05) is 11.9 Å². The van der Waals surface area contributed by atoms with Gasteiger partial charge in [-0.25, -0.2) is 4.39 Å². The second kappa shape index (κ2) is 4.92. The van der Waals surface area contributed by atoms with E-state index in [4.69, 9.17) is 0 Å². The molecule has 0 aliphatic carbocycles. The molecule has 1 aromatic carbocycles. The molecule has 0 amide bonds. The summed E-state index contributed by atoms with van der Waals surface area (Å²) in [5.41, 5.74) is 3.40. The minimum absolute atomic E-state index is 0.196. The van der Waals surface area contributed by atoms with Gasteiger partial charge in [0.1, 0.15) is 5.82 Å². The maximum atomic E-state index is 13.6. The van der Waals surface area contributed by atoms with Crippen LogP contribution < -0.4 is 5.32 Å². The van der Waals surface area contributed by atoms with Crippen molar-refractivity contribution in [1.29, 1.82) is 0 Å². The molecule has 2 rings (SSSR count). The van der Waals surface area contributed by atoms with Gasteiger partial charge in [0.05, 0.1) is 5.52 Å². The Hall–Kier alpha value is -1.64. The first-order chi connectivity index (χ1) is 8.52. The lowest BCUT2D eigenvalue weighted by molar-refractivity contribution is 0.620. The van der Waals surface area contributed by atoms with Crippen LogP contribution in [0, 0.1) is 12.7 Å². The summed E-state index contributed by atoms with van der Waals surface area (Å²) in [7, 11) is 0. The number of aromatic nitrogens is 1. The maximum absolute atomic E-state index is 13.6. The van der Waals surface area contributed by atoms with Gasteiger partial charge in [0.15, 0.2) is 0 Å². The van der Waals surface area contributed by atoms with E-state index in [2.05, 4.69) is 37.1 Å². The number of fused-ring (bicyclic) bond motifs is 1. The Kier molecular flexibility index (Phi) is 3.50. The molecule has 2 nitrogen and oxygen atoms in total. The number of hydrogen-bond acceptors (Lipinski definition) is 2. The van der Waals surface area contributed by atoms with Crippen LogP contribution >= 0.6 is 0 Å². The Morgan fingerprint density at radius 2 is 2.00 bits per heavy atom. The highest BCUT2D eigenvalue weighted by Crippen LogP contribution is 2.28. The maximum Gasteiger partial charge on any atom is 0.128 e. The molecule has 0 aliphatic heterocycles. The fourth-order valence-corrected chi connectivity index (χ4v) is 2.01. The molecule has 1 N–H and O–H groups in total. The molecule has 0 fully saturated rings. The van der Waals surface area contributed by atoms with E-state index in [0.717, 1.165) is 28.8 Å². The van der Waals surface area contributed by atoms with Crippen LogP contribution in [-0.2, 0) is 0 Å². The quantitative estimate of drug-likeness (QED) is 0.876. The molecular weight excluding hydrogens is 227 g/mol. The largest absolute Gasteiger partial charge is 0.385 e. The summed E-state index contributed by atoms with van der Waals surface area (Å²) in [5, 5.41) is 4.32. The second-order valence-corrected chi connectivity index (χ2v) is 4.90.